The number of hydrogen-bond acceptors (Lipinski definition) is 2. The molecule has 1 saturated carbocycles. The Morgan fingerprint density at radius 2 is 1.86 bits per heavy atom. The fraction of sp³-hybridized carbons (Fsp3) is 0.684. The van der Waals surface area contributed by atoms with Crippen molar-refractivity contribution >= 4 is 0 Å². The highest BCUT2D eigenvalue weighted by Crippen LogP contribution is 2.33. The summed E-state index contributed by atoms with van der Waals surface area (Å²) in [4.78, 5) is 2.65. The summed E-state index contributed by atoms with van der Waals surface area (Å²) < 4.78 is 0. The van der Waals surface area contributed by atoms with Crippen molar-refractivity contribution in [1.29, 1.82) is 0 Å². The third-order valence-electron chi connectivity index (χ3n) is 5.51. The summed E-state index contributed by atoms with van der Waals surface area (Å²) in [5, 5.41) is 3.93. The van der Waals surface area contributed by atoms with Crippen molar-refractivity contribution in [3.8, 4) is 0 Å². The van der Waals surface area contributed by atoms with E-state index in [1.165, 1.54) is 63.7 Å². The van der Waals surface area contributed by atoms with Crippen molar-refractivity contribution in [2.75, 3.05) is 19.6 Å². The molecule has 0 spiro atoms. The van der Waals surface area contributed by atoms with Gasteiger partial charge in [-0.3, -0.25) is 4.90 Å². The molecule has 1 aliphatic heterocycles. The molecule has 116 valence electrons. The van der Waals surface area contributed by atoms with Crippen LogP contribution in [0.2, 0.25) is 0 Å². The van der Waals surface area contributed by atoms with E-state index in [1.54, 1.807) is 0 Å². The molecule has 2 nitrogen and oxygen atoms in total. The molecule has 1 aromatic rings. The Kier molecular flexibility index (Phi) is 5.32. The van der Waals surface area contributed by atoms with Crippen LogP contribution in [0.4, 0.5) is 0 Å². The molecule has 0 bridgehead atoms. The monoisotopic (exact) mass is 286 g/mol. The summed E-state index contributed by atoms with van der Waals surface area (Å²) in [7, 11) is 0. The van der Waals surface area contributed by atoms with Gasteiger partial charge >= 0.3 is 0 Å². The zero-order chi connectivity index (χ0) is 14.5. The fourth-order valence-corrected chi connectivity index (χ4v) is 4.30. The van der Waals surface area contributed by atoms with Crippen molar-refractivity contribution in [3.63, 3.8) is 0 Å². The summed E-state index contributed by atoms with van der Waals surface area (Å²) in [6, 6.07) is 12.6. The lowest BCUT2D eigenvalue weighted by molar-refractivity contribution is 0.237. The predicted molar refractivity (Wildman–Crippen MR) is 89.7 cm³/mol. The van der Waals surface area contributed by atoms with Crippen molar-refractivity contribution in [1.82, 2.24) is 10.2 Å². The van der Waals surface area contributed by atoms with E-state index in [1.807, 2.05) is 0 Å². The van der Waals surface area contributed by atoms with Crippen LogP contribution in [-0.2, 0) is 0 Å². The first-order valence-electron chi connectivity index (χ1n) is 8.91. The summed E-state index contributed by atoms with van der Waals surface area (Å²) >= 11 is 0. The Bertz CT molecular complexity index is 417. The van der Waals surface area contributed by atoms with Gasteiger partial charge in [-0.15, -0.1) is 0 Å². The molecule has 2 aliphatic rings. The van der Waals surface area contributed by atoms with Crippen LogP contribution in [0.3, 0.4) is 0 Å². The Morgan fingerprint density at radius 1 is 1.05 bits per heavy atom. The average Bonchev–Trinajstić information content (AvgIpc) is 3.01. The molecule has 0 aromatic heterocycles. The van der Waals surface area contributed by atoms with E-state index < -0.39 is 0 Å². The molecular formula is C19H30N2. The first-order valence-corrected chi connectivity index (χ1v) is 8.91. The molecule has 3 rings (SSSR count). The Labute approximate surface area is 129 Å². The van der Waals surface area contributed by atoms with Gasteiger partial charge in [0, 0.05) is 18.6 Å². The van der Waals surface area contributed by atoms with Crippen molar-refractivity contribution in [2.45, 2.75) is 63.5 Å². The molecular weight excluding hydrogens is 256 g/mol. The first-order chi connectivity index (χ1) is 10.4. The minimum absolute atomic E-state index is 0.681. The molecule has 21 heavy (non-hydrogen) atoms. The smallest absolute Gasteiger partial charge is 0.0221 e. The third kappa shape index (κ3) is 3.67. The number of likely N-dealkylation sites (N-methyl/N-ethyl adjacent to an activating group) is 1. The second-order valence-electron chi connectivity index (χ2n) is 6.74. The van der Waals surface area contributed by atoms with Gasteiger partial charge in [0.15, 0.2) is 0 Å². The summed E-state index contributed by atoms with van der Waals surface area (Å²) in [6.45, 7) is 5.99. The molecule has 1 N–H and O–H groups in total. The van der Waals surface area contributed by atoms with Crippen molar-refractivity contribution < 1.29 is 0 Å². The van der Waals surface area contributed by atoms with Gasteiger partial charge in [0.05, 0.1) is 0 Å². The Hall–Kier alpha value is -0.860. The van der Waals surface area contributed by atoms with Crippen LogP contribution in [-0.4, -0.2) is 36.6 Å². The molecule has 1 aromatic carbocycles. The SMILES string of the molecule is CCN1CCCC1CNC1CCCCC1c1ccccc1. The molecule has 0 radical (unpaired) electrons. The van der Waals surface area contributed by atoms with E-state index in [0.29, 0.717) is 6.04 Å². The van der Waals surface area contributed by atoms with Crippen LogP contribution in [0.15, 0.2) is 30.3 Å². The number of nitrogens with one attached hydrogen (secondary N) is 1. The molecule has 1 heterocycles. The van der Waals surface area contributed by atoms with Gasteiger partial charge in [-0.05, 0) is 50.3 Å². The largest absolute Gasteiger partial charge is 0.312 e. The first kappa shape index (κ1) is 15.1. The quantitative estimate of drug-likeness (QED) is 0.886. The van der Waals surface area contributed by atoms with Gasteiger partial charge in [-0.2, -0.15) is 0 Å². The number of benzene rings is 1. The maximum Gasteiger partial charge on any atom is 0.0221 e. The highest BCUT2D eigenvalue weighted by atomic mass is 15.2. The number of hydrogen-bond donors (Lipinski definition) is 1. The topological polar surface area (TPSA) is 15.3 Å². The van der Waals surface area contributed by atoms with Gasteiger partial charge in [0.2, 0.25) is 0 Å². The van der Waals surface area contributed by atoms with E-state index in [-0.39, 0.29) is 0 Å². The third-order valence-corrected chi connectivity index (χ3v) is 5.51. The van der Waals surface area contributed by atoms with Crippen molar-refractivity contribution in [2.24, 2.45) is 0 Å². The predicted octanol–water partition coefficient (Wildman–Crippen LogP) is 3.79. The fourth-order valence-electron chi connectivity index (χ4n) is 4.30. The van der Waals surface area contributed by atoms with E-state index >= 15 is 0 Å². The van der Waals surface area contributed by atoms with Crippen molar-refractivity contribution in [3.05, 3.63) is 35.9 Å². The van der Waals surface area contributed by atoms with Crippen LogP contribution < -0.4 is 5.32 Å². The van der Waals surface area contributed by atoms with E-state index in [9.17, 15) is 0 Å². The molecule has 1 saturated heterocycles. The normalized spacial score (nSPS) is 30.6. The highest BCUT2D eigenvalue weighted by molar-refractivity contribution is 5.22. The van der Waals surface area contributed by atoms with E-state index in [2.05, 4.69) is 47.5 Å². The van der Waals surface area contributed by atoms with Crippen LogP contribution in [0, 0.1) is 0 Å². The molecule has 1 aliphatic carbocycles. The lowest BCUT2D eigenvalue weighted by Crippen LogP contribution is -2.44. The molecule has 3 atom stereocenters. The second kappa shape index (κ2) is 7.42. The summed E-state index contributed by atoms with van der Waals surface area (Å²) in [5.41, 5.74) is 1.54. The molecule has 3 unspecified atom stereocenters. The molecule has 0 amide bonds. The average molecular weight is 286 g/mol. The lowest BCUT2D eigenvalue weighted by Gasteiger charge is -2.34. The summed E-state index contributed by atoms with van der Waals surface area (Å²) in [6.07, 6.45) is 8.24. The maximum absolute atomic E-state index is 3.93. The van der Waals surface area contributed by atoms with Gasteiger partial charge in [-0.1, -0.05) is 50.1 Å². The number of nitrogens with zero attached hydrogens (tertiary/aromatic N) is 1. The van der Waals surface area contributed by atoms with Gasteiger partial charge in [-0.25, -0.2) is 0 Å². The van der Waals surface area contributed by atoms with Gasteiger partial charge < -0.3 is 5.32 Å². The lowest BCUT2D eigenvalue weighted by atomic mass is 9.80. The Balaban J connectivity index is 1.60. The second-order valence-corrected chi connectivity index (χ2v) is 6.74. The Morgan fingerprint density at radius 3 is 2.67 bits per heavy atom. The standard InChI is InChI=1S/C19H30N2/c1-2-21-14-8-11-17(21)15-20-19-13-7-6-12-18(19)16-9-4-3-5-10-16/h3-5,9-10,17-20H,2,6-8,11-15H2,1H3. The van der Waals surface area contributed by atoms with Gasteiger partial charge in [0.25, 0.3) is 0 Å². The molecule has 2 heteroatoms. The summed E-state index contributed by atoms with van der Waals surface area (Å²) in [5.74, 6) is 0.719. The minimum atomic E-state index is 0.681. The number of likely N-dealkylation sites (tertiary alicyclic amines) is 1. The van der Waals surface area contributed by atoms with E-state index in [4.69, 9.17) is 0 Å². The zero-order valence-corrected chi connectivity index (χ0v) is 13.4. The minimum Gasteiger partial charge on any atom is -0.312 e. The van der Waals surface area contributed by atoms with Gasteiger partial charge in [0.1, 0.15) is 0 Å². The number of rotatable bonds is 5. The van der Waals surface area contributed by atoms with Crippen LogP contribution >= 0.6 is 0 Å². The molecule has 2 fully saturated rings. The highest BCUT2D eigenvalue weighted by Gasteiger charge is 2.28. The van der Waals surface area contributed by atoms with E-state index in [0.717, 1.165) is 12.0 Å². The zero-order valence-electron chi connectivity index (χ0n) is 13.4. The maximum atomic E-state index is 3.93. The van der Waals surface area contributed by atoms with Crippen LogP contribution in [0.1, 0.15) is 56.9 Å². The van der Waals surface area contributed by atoms with Crippen LogP contribution in [0.25, 0.3) is 0 Å². The van der Waals surface area contributed by atoms with Crippen LogP contribution in [0.5, 0.6) is 0 Å².